The number of imidazole rings is 1. The largest absolute Gasteiger partial charge is 0.368 e. The molecule has 0 radical (unpaired) electrons. The summed E-state index contributed by atoms with van der Waals surface area (Å²) in [6.45, 7) is 5.83. The standard InChI is InChI=1S/C10H14ClN5/c1-3-5-16-6-13-9-7(16)8(12-4-2)14-10(11)15-9/h6H,3-5H2,1-2H3,(H,12,14,15). The Morgan fingerprint density at radius 3 is 2.88 bits per heavy atom. The Labute approximate surface area is 98.9 Å². The van der Waals surface area contributed by atoms with Gasteiger partial charge in [0.25, 0.3) is 0 Å². The van der Waals surface area contributed by atoms with E-state index in [1.54, 1.807) is 6.33 Å². The molecule has 2 aromatic rings. The summed E-state index contributed by atoms with van der Waals surface area (Å²) in [6, 6.07) is 0. The molecule has 6 heteroatoms. The lowest BCUT2D eigenvalue weighted by Crippen LogP contribution is -2.04. The van der Waals surface area contributed by atoms with Crippen LogP contribution in [0.3, 0.4) is 0 Å². The highest BCUT2D eigenvalue weighted by molar-refractivity contribution is 6.28. The topological polar surface area (TPSA) is 55.6 Å². The van der Waals surface area contributed by atoms with Gasteiger partial charge in [-0.1, -0.05) is 6.92 Å². The number of aromatic nitrogens is 4. The Hall–Kier alpha value is -1.36. The van der Waals surface area contributed by atoms with Crippen molar-refractivity contribution in [3.63, 3.8) is 0 Å². The van der Waals surface area contributed by atoms with Gasteiger partial charge < -0.3 is 9.88 Å². The SMILES string of the molecule is CCCn1cnc2nc(Cl)nc(NCC)c21. The predicted molar refractivity (Wildman–Crippen MR) is 64.8 cm³/mol. The lowest BCUT2D eigenvalue weighted by atomic mass is 10.4. The van der Waals surface area contributed by atoms with Gasteiger partial charge >= 0.3 is 0 Å². The summed E-state index contributed by atoms with van der Waals surface area (Å²) < 4.78 is 2.05. The van der Waals surface area contributed by atoms with E-state index in [1.165, 1.54) is 0 Å². The summed E-state index contributed by atoms with van der Waals surface area (Å²) in [6.07, 6.45) is 2.82. The second-order valence-electron chi connectivity index (χ2n) is 3.48. The molecule has 86 valence electrons. The van der Waals surface area contributed by atoms with Gasteiger partial charge in [0.15, 0.2) is 11.5 Å². The van der Waals surface area contributed by atoms with Gasteiger partial charge in [-0.3, -0.25) is 0 Å². The molecule has 0 fully saturated rings. The van der Waals surface area contributed by atoms with Gasteiger partial charge in [0, 0.05) is 13.1 Å². The number of aryl methyl sites for hydroxylation is 1. The van der Waals surface area contributed by atoms with E-state index >= 15 is 0 Å². The fourth-order valence-corrected chi connectivity index (χ4v) is 1.82. The maximum atomic E-state index is 5.83. The van der Waals surface area contributed by atoms with Crippen molar-refractivity contribution in [2.24, 2.45) is 0 Å². The zero-order valence-electron chi connectivity index (χ0n) is 9.37. The van der Waals surface area contributed by atoms with E-state index in [0.717, 1.165) is 30.8 Å². The Bertz CT molecular complexity index is 493. The van der Waals surface area contributed by atoms with Crippen LogP contribution in [0.4, 0.5) is 5.82 Å². The third-order valence-corrected chi connectivity index (χ3v) is 2.42. The van der Waals surface area contributed by atoms with Crippen LogP contribution in [0.5, 0.6) is 0 Å². The number of nitrogens with zero attached hydrogens (tertiary/aromatic N) is 4. The average molecular weight is 240 g/mol. The third kappa shape index (κ3) is 1.95. The maximum Gasteiger partial charge on any atom is 0.226 e. The van der Waals surface area contributed by atoms with Crippen LogP contribution < -0.4 is 5.32 Å². The molecule has 2 rings (SSSR count). The van der Waals surface area contributed by atoms with E-state index in [2.05, 4.69) is 27.2 Å². The first-order valence-corrected chi connectivity index (χ1v) is 5.76. The van der Waals surface area contributed by atoms with Crippen molar-refractivity contribution < 1.29 is 0 Å². The van der Waals surface area contributed by atoms with Crippen molar-refractivity contribution in [2.75, 3.05) is 11.9 Å². The van der Waals surface area contributed by atoms with Crippen LogP contribution in [0.1, 0.15) is 20.3 Å². The van der Waals surface area contributed by atoms with Crippen LogP contribution in [0.15, 0.2) is 6.33 Å². The van der Waals surface area contributed by atoms with Gasteiger partial charge in [0.1, 0.15) is 5.52 Å². The lowest BCUT2D eigenvalue weighted by molar-refractivity contribution is 0.696. The van der Waals surface area contributed by atoms with E-state index in [0.29, 0.717) is 5.65 Å². The van der Waals surface area contributed by atoms with Crippen molar-refractivity contribution in [3.8, 4) is 0 Å². The Morgan fingerprint density at radius 2 is 2.19 bits per heavy atom. The van der Waals surface area contributed by atoms with Crippen molar-refractivity contribution in [1.29, 1.82) is 0 Å². The van der Waals surface area contributed by atoms with Crippen molar-refractivity contribution >= 4 is 28.6 Å². The second-order valence-corrected chi connectivity index (χ2v) is 3.82. The van der Waals surface area contributed by atoms with Gasteiger partial charge in [-0.05, 0) is 24.9 Å². The summed E-state index contributed by atoms with van der Waals surface area (Å²) in [7, 11) is 0. The van der Waals surface area contributed by atoms with Crippen LogP contribution in [-0.4, -0.2) is 26.1 Å². The molecule has 0 bridgehead atoms. The summed E-state index contributed by atoms with van der Waals surface area (Å²) in [5.74, 6) is 0.753. The molecule has 0 unspecified atom stereocenters. The minimum absolute atomic E-state index is 0.227. The predicted octanol–water partition coefficient (Wildman–Crippen LogP) is 2.32. The molecular formula is C10H14ClN5. The van der Waals surface area contributed by atoms with E-state index in [9.17, 15) is 0 Å². The first kappa shape index (κ1) is 11.1. The minimum atomic E-state index is 0.227. The molecule has 0 spiro atoms. The van der Waals surface area contributed by atoms with Gasteiger partial charge in [0.2, 0.25) is 5.28 Å². The number of hydrogen-bond acceptors (Lipinski definition) is 4. The van der Waals surface area contributed by atoms with Crippen LogP contribution in [0, 0.1) is 0 Å². The molecule has 0 atom stereocenters. The molecule has 16 heavy (non-hydrogen) atoms. The highest BCUT2D eigenvalue weighted by Gasteiger charge is 2.11. The number of halogens is 1. The number of rotatable bonds is 4. The smallest absolute Gasteiger partial charge is 0.226 e. The van der Waals surface area contributed by atoms with Crippen LogP contribution in [-0.2, 0) is 6.54 Å². The highest BCUT2D eigenvalue weighted by Crippen LogP contribution is 2.21. The average Bonchev–Trinajstić information content (AvgIpc) is 2.62. The molecule has 0 amide bonds. The first-order valence-electron chi connectivity index (χ1n) is 5.38. The molecule has 0 saturated carbocycles. The van der Waals surface area contributed by atoms with Crippen molar-refractivity contribution in [3.05, 3.63) is 11.6 Å². The molecule has 0 saturated heterocycles. The Morgan fingerprint density at radius 1 is 1.38 bits per heavy atom. The normalized spacial score (nSPS) is 10.9. The fraction of sp³-hybridized carbons (Fsp3) is 0.500. The molecule has 5 nitrogen and oxygen atoms in total. The number of nitrogens with one attached hydrogen (secondary N) is 1. The minimum Gasteiger partial charge on any atom is -0.368 e. The second kappa shape index (κ2) is 4.65. The Kier molecular flexibility index (Phi) is 3.24. The maximum absolute atomic E-state index is 5.83. The Balaban J connectivity index is 2.59. The number of hydrogen-bond donors (Lipinski definition) is 1. The molecule has 2 heterocycles. The van der Waals surface area contributed by atoms with Crippen molar-refractivity contribution in [1.82, 2.24) is 19.5 Å². The van der Waals surface area contributed by atoms with Gasteiger partial charge in [-0.25, -0.2) is 4.98 Å². The van der Waals surface area contributed by atoms with E-state index in [1.807, 2.05) is 11.5 Å². The summed E-state index contributed by atoms with van der Waals surface area (Å²) in [4.78, 5) is 12.5. The number of anilines is 1. The first-order chi connectivity index (χ1) is 7.76. The summed E-state index contributed by atoms with van der Waals surface area (Å²) in [5, 5.41) is 3.41. The van der Waals surface area contributed by atoms with Crippen molar-refractivity contribution in [2.45, 2.75) is 26.8 Å². The number of fused-ring (bicyclic) bond motifs is 1. The molecule has 2 aromatic heterocycles. The van der Waals surface area contributed by atoms with Crippen LogP contribution >= 0.6 is 11.6 Å². The van der Waals surface area contributed by atoms with Crippen LogP contribution in [0.2, 0.25) is 5.28 Å². The molecule has 1 N–H and O–H groups in total. The zero-order valence-corrected chi connectivity index (χ0v) is 10.1. The van der Waals surface area contributed by atoms with Gasteiger partial charge in [-0.2, -0.15) is 9.97 Å². The summed E-state index contributed by atoms with van der Waals surface area (Å²) in [5.41, 5.74) is 1.57. The van der Waals surface area contributed by atoms with Gasteiger partial charge in [-0.15, -0.1) is 0 Å². The van der Waals surface area contributed by atoms with Gasteiger partial charge in [0.05, 0.1) is 6.33 Å². The zero-order chi connectivity index (χ0) is 11.5. The molecular weight excluding hydrogens is 226 g/mol. The monoisotopic (exact) mass is 239 g/mol. The van der Waals surface area contributed by atoms with E-state index in [-0.39, 0.29) is 5.28 Å². The summed E-state index contributed by atoms with van der Waals surface area (Å²) >= 11 is 5.83. The van der Waals surface area contributed by atoms with E-state index in [4.69, 9.17) is 11.6 Å². The van der Waals surface area contributed by atoms with Crippen LogP contribution in [0.25, 0.3) is 11.2 Å². The fourth-order valence-electron chi connectivity index (χ4n) is 1.65. The highest BCUT2D eigenvalue weighted by atomic mass is 35.5. The molecule has 0 aliphatic rings. The molecule has 0 aliphatic heterocycles. The lowest BCUT2D eigenvalue weighted by Gasteiger charge is -2.07. The molecule has 0 aromatic carbocycles. The molecule has 0 aliphatic carbocycles. The quantitative estimate of drug-likeness (QED) is 0.832. The third-order valence-electron chi connectivity index (χ3n) is 2.25. The van der Waals surface area contributed by atoms with E-state index < -0.39 is 0 Å².